The average Bonchev–Trinajstić information content (AvgIpc) is 3.42. The lowest BCUT2D eigenvalue weighted by molar-refractivity contribution is -0.274. The standard InChI is InChI=1S/C24H31F3N6O4S/c25-24(26,27)37-19-3-5-21(6-4-19)38(34,35)33-15-13-32(14-16-33)23-8-7-22(28-29-23)31-11-9-30(10-12-31)18-20-2-1-17-36-20/h3-8,20H,1-2,9-18H2. The molecule has 0 radical (unpaired) electrons. The van der Waals surface area contributed by atoms with Crippen LogP contribution in [0, 0.1) is 0 Å². The first-order valence-electron chi connectivity index (χ1n) is 12.7. The maximum absolute atomic E-state index is 13.0. The number of hydrogen-bond donors (Lipinski definition) is 0. The number of alkyl halides is 3. The number of benzene rings is 1. The monoisotopic (exact) mass is 556 g/mol. The Morgan fingerprint density at radius 3 is 1.95 bits per heavy atom. The van der Waals surface area contributed by atoms with Gasteiger partial charge in [0.05, 0.1) is 11.0 Å². The molecular formula is C24H31F3N6O4S. The van der Waals surface area contributed by atoms with Gasteiger partial charge in [0.15, 0.2) is 11.6 Å². The van der Waals surface area contributed by atoms with Crippen LogP contribution in [0.4, 0.5) is 24.8 Å². The molecule has 10 nitrogen and oxygen atoms in total. The van der Waals surface area contributed by atoms with Crippen LogP contribution in [-0.2, 0) is 14.8 Å². The first-order valence-corrected chi connectivity index (χ1v) is 14.1. The van der Waals surface area contributed by atoms with E-state index in [1.165, 1.54) is 4.31 Å². The molecule has 0 N–H and O–H groups in total. The van der Waals surface area contributed by atoms with Gasteiger partial charge in [0, 0.05) is 65.5 Å². The fourth-order valence-electron chi connectivity index (χ4n) is 5.01. The van der Waals surface area contributed by atoms with Crippen LogP contribution in [0.1, 0.15) is 12.8 Å². The molecule has 0 amide bonds. The van der Waals surface area contributed by atoms with Crippen molar-refractivity contribution in [3.8, 4) is 5.75 Å². The fraction of sp³-hybridized carbons (Fsp3) is 0.583. The molecule has 1 aromatic carbocycles. The highest BCUT2D eigenvalue weighted by Crippen LogP contribution is 2.26. The summed E-state index contributed by atoms with van der Waals surface area (Å²) in [6, 6.07) is 8.09. The number of sulfonamides is 1. The minimum absolute atomic E-state index is 0.0829. The zero-order chi connectivity index (χ0) is 26.8. The van der Waals surface area contributed by atoms with Gasteiger partial charge >= 0.3 is 6.36 Å². The number of halogens is 3. The van der Waals surface area contributed by atoms with Crippen molar-refractivity contribution < 1.29 is 31.1 Å². The highest BCUT2D eigenvalue weighted by atomic mass is 32.2. The topological polar surface area (TPSA) is 91.3 Å². The van der Waals surface area contributed by atoms with Crippen LogP contribution in [0.3, 0.4) is 0 Å². The van der Waals surface area contributed by atoms with Crippen LogP contribution in [0.25, 0.3) is 0 Å². The summed E-state index contributed by atoms with van der Waals surface area (Å²) < 4.78 is 73.9. The zero-order valence-electron chi connectivity index (χ0n) is 20.9. The normalized spacial score (nSPS) is 22.1. The Hall–Kier alpha value is -2.68. The Bertz CT molecular complexity index is 1160. The lowest BCUT2D eigenvalue weighted by atomic mass is 10.2. The molecule has 14 heteroatoms. The lowest BCUT2D eigenvalue weighted by Crippen LogP contribution is -2.49. The molecule has 1 aromatic heterocycles. The molecule has 3 saturated heterocycles. The molecule has 38 heavy (non-hydrogen) atoms. The SMILES string of the molecule is O=S(=O)(c1ccc(OC(F)(F)F)cc1)N1CCN(c2ccc(N3CCN(CC4CCCO4)CC3)nn2)CC1. The number of hydrogen-bond acceptors (Lipinski definition) is 9. The van der Waals surface area contributed by atoms with Gasteiger partial charge in [0.2, 0.25) is 10.0 Å². The van der Waals surface area contributed by atoms with E-state index in [-0.39, 0.29) is 18.0 Å². The molecule has 1 atom stereocenters. The summed E-state index contributed by atoms with van der Waals surface area (Å²) in [5.41, 5.74) is 0. The van der Waals surface area contributed by atoms with Gasteiger partial charge in [0.25, 0.3) is 0 Å². The number of rotatable bonds is 7. The van der Waals surface area contributed by atoms with Crippen molar-refractivity contribution in [1.82, 2.24) is 19.4 Å². The predicted molar refractivity (Wildman–Crippen MR) is 134 cm³/mol. The van der Waals surface area contributed by atoms with E-state index < -0.39 is 22.1 Å². The fourth-order valence-corrected chi connectivity index (χ4v) is 6.43. The second kappa shape index (κ2) is 11.2. The average molecular weight is 557 g/mol. The van der Waals surface area contributed by atoms with E-state index in [0.29, 0.717) is 25.0 Å². The number of nitrogens with zero attached hydrogens (tertiary/aromatic N) is 6. The van der Waals surface area contributed by atoms with Gasteiger partial charge in [-0.05, 0) is 49.2 Å². The molecule has 3 aliphatic rings. The Labute approximate surface area is 220 Å². The van der Waals surface area contributed by atoms with E-state index in [2.05, 4.69) is 24.7 Å². The molecule has 0 bridgehead atoms. The first-order chi connectivity index (χ1) is 18.2. The van der Waals surface area contributed by atoms with Gasteiger partial charge < -0.3 is 19.3 Å². The smallest absolute Gasteiger partial charge is 0.406 e. The molecule has 3 fully saturated rings. The van der Waals surface area contributed by atoms with Crippen LogP contribution >= 0.6 is 0 Å². The second-order valence-corrected chi connectivity index (χ2v) is 11.5. The van der Waals surface area contributed by atoms with Crippen molar-refractivity contribution in [3.63, 3.8) is 0 Å². The van der Waals surface area contributed by atoms with E-state index in [1.54, 1.807) is 0 Å². The summed E-state index contributed by atoms with van der Waals surface area (Å²) in [4.78, 5) is 6.55. The lowest BCUT2D eigenvalue weighted by Gasteiger charge is -2.36. The zero-order valence-corrected chi connectivity index (χ0v) is 21.7. The summed E-state index contributed by atoms with van der Waals surface area (Å²) in [6.07, 6.45) is -2.19. The van der Waals surface area contributed by atoms with Crippen molar-refractivity contribution in [1.29, 1.82) is 0 Å². The van der Waals surface area contributed by atoms with E-state index in [0.717, 1.165) is 82.3 Å². The Balaban J connectivity index is 1.11. The van der Waals surface area contributed by atoms with E-state index in [4.69, 9.17) is 4.74 Å². The van der Waals surface area contributed by atoms with Gasteiger partial charge in [-0.3, -0.25) is 4.90 Å². The van der Waals surface area contributed by atoms with Crippen molar-refractivity contribution in [2.75, 3.05) is 75.3 Å². The number of anilines is 2. The highest BCUT2D eigenvalue weighted by molar-refractivity contribution is 7.89. The molecule has 0 saturated carbocycles. The molecule has 208 valence electrons. The molecule has 0 aliphatic carbocycles. The molecule has 5 rings (SSSR count). The maximum Gasteiger partial charge on any atom is 0.573 e. The summed E-state index contributed by atoms with van der Waals surface area (Å²) >= 11 is 0. The summed E-state index contributed by atoms with van der Waals surface area (Å²) in [7, 11) is -3.85. The third-order valence-electron chi connectivity index (χ3n) is 7.08. The van der Waals surface area contributed by atoms with Gasteiger partial charge in [0.1, 0.15) is 5.75 Å². The van der Waals surface area contributed by atoms with Crippen molar-refractivity contribution in [3.05, 3.63) is 36.4 Å². The third kappa shape index (κ3) is 6.47. The Morgan fingerprint density at radius 2 is 1.45 bits per heavy atom. The Kier molecular flexibility index (Phi) is 7.93. The van der Waals surface area contributed by atoms with Gasteiger partial charge in [-0.25, -0.2) is 8.42 Å². The number of piperazine rings is 2. The van der Waals surface area contributed by atoms with Gasteiger partial charge in [-0.2, -0.15) is 4.31 Å². The molecule has 2 aromatic rings. The van der Waals surface area contributed by atoms with Crippen molar-refractivity contribution in [2.45, 2.75) is 30.2 Å². The first kappa shape index (κ1) is 26.9. The largest absolute Gasteiger partial charge is 0.573 e. The van der Waals surface area contributed by atoms with E-state index in [9.17, 15) is 21.6 Å². The Morgan fingerprint density at radius 1 is 0.868 bits per heavy atom. The summed E-state index contributed by atoms with van der Waals surface area (Å²) in [5, 5.41) is 8.81. The van der Waals surface area contributed by atoms with Crippen molar-refractivity contribution in [2.24, 2.45) is 0 Å². The van der Waals surface area contributed by atoms with Gasteiger partial charge in [-0.15, -0.1) is 23.4 Å². The highest BCUT2D eigenvalue weighted by Gasteiger charge is 2.32. The summed E-state index contributed by atoms with van der Waals surface area (Å²) in [6.45, 7) is 6.80. The summed E-state index contributed by atoms with van der Waals surface area (Å²) in [5.74, 6) is 1.03. The van der Waals surface area contributed by atoms with Crippen LogP contribution in [-0.4, -0.2) is 106 Å². The van der Waals surface area contributed by atoms with Crippen LogP contribution in [0.2, 0.25) is 0 Å². The number of aromatic nitrogens is 2. The maximum atomic E-state index is 13.0. The van der Waals surface area contributed by atoms with Crippen molar-refractivity contribution >= 4 is 21.7 Å². The molecule has 1 unspecified atom stereocenters. The van der Waals surface area contributed by atoms with E-state index >= 15 is 0 Å². The van der Waals surface area contributed by atoms with E-state index in [1.807, 2.05) is 17.0 Å². The molecule has 0 spiro atoms. The number of ether oxygens (including phenoxy) is 2. The van der Waals surface area contributed by atoms with Gasteiger partial charge in [-0.1, -0.05) is 0 Å². The van der Waals surface area contributed by atoms with Crippen LogP contribution in [0.5, 0.6) is 5.75 Å². The predicted octanol–water partition coefficient (Wildman–Crippen LogP) is 2.19. The second-order valence-electron chi connectivity index (χ2n) is 9.58. The quantitative estimate of drug-likeness (QED) is 0.509. The minimum atomic E-state index is -4.84. The molecule has 3 aliphatic heterocycles. The third-order valence-corrected chi connectivity index (χ3v) is 8.99. The van der Waals surface area contributed by atoms with Crippen LogP contribution < -0.4 is 14.5 Å². The molecule has 4 heterocycles. The minimum Gasteiger partial charge on any atom is -0.406 e. The van der Waals surface area contributed by atoms with Crippen LogP contribution in [0.15, 0.2) is 41.3 Å². The molecular weight excluding hydrogens is 525 g/mol.